The minimum absolute atomic E-state index is 0.0814. The van der Waals surface area contributed by atoms with Gasteiger partial charge in [0.2, 0.25) is 0 Å². The Kier molecular flexibility index (Phi) is 5.66. The van der Waals surface area contributed by atoms with Gasteiger partial charge in [-0.25, -0.2) is 0 Å². The van der Waals surface area contributed by atoms with E-state index in [2.05, 4.69) is 10.6 Å². The molecule has 0 amide bonds. The number of ether oxygens (including phenoxy) is 1. The third-order valence-electron chi connectivity index (χ3n) is 2.13. The molecule has 0 spiro atoms. The lowest BCUT2D eigenvalue weighted by molar-refractivity contribution is -0.403. The SMILES string of the molecule is CCOc1ccccc1N/C(=C/[N+](=O)[O-])NC(C)C. The first-order chi connectivity index (χ1) is 9.02. The third-order valence-corrected chi connectivity index (χ3v) is 2.13. The van der Waals surface area contributed by atoms with Crippen molar-refractivity contribution >= 4 is 5.69 Å². The maximum Gasteiger partial charge on any atom is 0.274 e. The van der Waals surface area contributed by atoms with Gasteiger partial charge >= 0.3 is 0 Å². The molecule has 2 N–H and O–H groups in total. The van der Waals surface area contributed by atoms with Gasteiger partial charge in [0.15, 0.2) is 5.82 Å². The number of nitro groups is 1. The molecule has 6 heteroatoms. The van der Waals surface area contributed by atoms with E-state index in [0.717, 1.165) is 6.20 Å². The van der Waals surface area contributed by atoms with Gasteiger partial charge in [-0.1, -0.05) is 12.1 Å². The molecular weight excluding hydrogens is 246 g/mol. The van der Waals surface area contributed by atoms with E-state index >= 15 is 0 Å². The van der Waals surface area contributed by atoms with Gasteiger partial charge in [-0.15, -0.1) is 0 Å². The summed E-state index contributed by atoms with van der Waals surface area (Å²) >= 11 is 0. The molecule has 0 unspecified atom stereocenters. The average molecular weight is 265 g/mol. The molecule has 19 heavy (non-hydrogen) atoms. The Morgan fingerprint density at radius 3 is 2.74 bits per heavy atom. The van der Waals surface area contributed by atoms with Crippen LogP contribution in [0.1, 0.15) is 20.8 Å². The van der Waals surface area contributed by atoms with E-state index < -0.39 is 4.92 Å². The van der Waals surface area contributed by atoms with Crippen LogP contribution in [0.4, 0.5) is 5.69 Å². The molecule has 1 aromatic rings. The highest BCUT2D eigenvalue weighted by Crippen LogP contribution is 2.24. The van der Waals surface area contributed by atoms with Gasteiger partial charge in [0.25, 0.3) is 6.20 Å². The summed E-state index contributed by atoms with van der Waals surface area (Å²) < 4.78 is 5.46. The average Bonchev–Trinajstić information content (AvgIpc) is 2.30. The first-order valence-electron chi connectivity index (χ1n) is 6.13. The number of nitrogens with zero attached hydrogens (tertiary/aromatic N) is 1. The van der Waals surface area contributed by atoms with Gasteiger partial charge in [0.1, 0.15) is 5.75 Å². The zero-order valence-corrected chi connectivity index (χ0v) is 11.3. The van der Waals surface area contributed by atoms with Crippen molar-refractivity contribution in [3.05, 3.63) is 46.4 Å². The molecule has 0 aromatic heterocycles. The first-order valence-corrected chi connectivity index (χ1v) is 6.13. The van der Waals surface area contributed by atoms with Crippen molar-refractivity contribution in [1.82, 2.24) is 5.32 Å². The summed E-state index contributed by atoms with van der Waals surface area (Å²) in [6.07, 6.45) is 0.905. The Labute approximate surface area is 112 Å². The van der Waals surface area contributed by atoms with Crippen LogP contribution >= 0.6 is 0 Å². The second-order valence-corrected chi connectivity index (χ2v) is 4.18. The summed E-state index contributed by atoms with van der Waals surface area (Å²) in [6.45, 7) is 6.23. The number of hydrogen-bond donors (Lipinski definition) is 2. The molecular formula is C13H19N3O3. The van der Waals surface area contributed by atoms with E-state index in [1.807, 2.05) is 39.0 Å². The molecule has 0 aliphatic rings. The quantitative estimate of drug-likeness (QED) is 0.585. The Balaban J connectivity index is 2.92. The van der Waals surface area contributed by atoms with Crippen LogP contribution in [-0.4, -0.2) is 17.6 Å². The lowest BCUT2D eigenvalue weighted by Gasteiger charge is -2.16. The molecule has 6 nitrogen and oxygen atoms in total. The lowest BCUT2D eigenvalue weighted by Crippen LogP contribution is -2.27. The van der Waals surface area contributed by atoms with Crippen molar-refractivity contribution in [2.24, 2.45) is 0 Å². The van der Waals surface area contributed by atoms with E-state index in [1.54, 1.807) is 6.07 Å². The third kappa shape index (κ3) is 5.29. The summed E-state index contributed by atoms with van der Waals surface area (Å²) in [5, 5.41) is 16.6. The summed E-state index contributed by atoms with van der Waals surface area (Å²) in [7, 11) is 0. The number of hydrogen-bond acceptors (Lipinski definition) is 5. The molecule has 1 rings (SSSR count). The van der Waals surface area contributed by atoms with Gasteiger partial charge in [-0.2, -0.15) is 0 Å². The van der Waals surface area contributed by atoms with Crippen molar-refractivity contribution < 1.29 is 9.66 Å². The smallest absolute Gasteiger partial charge is 0.274 e. The van der Waals surface area contributed by atoms with Crippen LogP contribution in [-0.2, 0) is 0 Å². The predicted octanol–water partition coefficient (Wildman–Crippen LogP) is 2.57. The van der Waals surface area contributed by atoms with Crippen molar-refractivity contribution in [3.8, 4) is 5.75 Å². The molecule has 0 saturated heterocycles. The molecule has 0 bridgehead atoms. The van der Waals surface area contributed by atoms with Crippen LogP contribution in [0.3, 0.4) is 0 Å². The predicted molar refractivity (Wildman–Crippen MR) is 74.6 cm³/mol. The highest BCUT2D eigenvalue weighted by Gasteiger charge is 2.08. The van der Waals surface area contributed by atoms with Gasteiger partial charge in [-0.3, -0.25) is 10.1 Å². The van der Waals surface area contributed by atoms with E-state index in [0.29, 0.717) is 23.9 Å². The maximum absolute atomic E-state index is 10.6. The molecule has 0 aliphatic carbocycles. The number of rotatable bonds is 7. The largest absolute Gasteiger partial charge is 0.492 e. The van der Waals surface area contributed by atoms with Crippen LogP contribution in [0.25, 0.3) is 0 Å². The van der Waals surface area contributed by atoms with Crippen LogP contribution < -0.4 is 15.4 Å². The van der Waals surface area contributed by atoms with Gasteiger partial charge in [0.05, 0.1) is 17.2 Å². The first kappa shape index (κ1) is 14.8. The topological polar surface area (TPSA) is 76.4 Å². The second kappa shape index (κ2) is 7.25. The lowest BCUT2D eigenvalue weighted by atomic mass is 10.3. The molecule has 0 heterocycles. The standard InChI is InChI=1S/C13H19N3O3/c1-4-19-12-8-6-5-7-11(12)15-13(9-16(17)18)14-10(2)3/h5-10,14-15H,4H2,1-3H3/b13-9+. The molecule has 0 aliphatic heterocycles. The number of benzene rings is 1. The Hall–Kier alpha value is -2.24. The van der Waals surface area contributed by atoms with Gasteiger partial charge in [-0.05, 0) is 32.9 Å². The molecule has 0 radical (unpaired) electrons. The van der Waals surface area contributed by atoms with Crippen molar-refractivity contribution in [3.63, 3.8) is 0 Å². The minimum Gasteiger partial charge on any atom is -0.492 e. The highest BCUT2D eigenvalue weighted by molar-refractivity contribution is 5.59. The molecule has 0 atom stereocenters. The van der Waals surface area contributed by atoms with Gasteiger partial charge in [0, 0.05) is 6.04 Å². The van der Waals surface area contributed by atoms with Crippen LogP contribution in [0.5, 0.6) is 5.75 Å². The minimum atomic E-state index is -0.499. The normalized spacial score (nSPS) is 11.3. The second-order valence-electron chi connectivity index (χ2n) is 4.18. The zero-order valence-electron chi connectivity index (χ0n) is 11.3. The van der Waals surface area contributed by atoms with E-state index in [1.165, 1.54) is 0 Å². The van der Waals surface area contributed by atoms with Crippen LogP contribution in [0.2, 0.25) is 0 Å². The number of nitrogens with one attached hydrogen (secondary N) is 2. The Morgan fingerprint density at radius 2 is 2.16 bits per heavy atom. The zero-order chi connectivity index (χ0) is 14.3. The molecule has 0 saturated carbocycles. The summed E-state index contributed by atoms with van der Waals surface area (Å²) in [5.74, 6) is 0.983. The molecule has 104 valence electrons. The molecule has 1 aromatic carbocycles. The van der Waals surface area contributed by atoms with Crippen molar-refractivity contribution in [2.45, 2.75) is 26.8 Å². The Morgan fingerprint density at radius 1 is 1.47 bits per heavy atom. The highest BCUT2D eigenvalue weighted by atomic mass is 16.6. The van der Waals surface area contributed by atoms with Crippen LogP contribution in [0, 0.1) is 10.1 Å². The van der Waals surface area contributed by atoms with Crippen molar-refractivity contribution in [1.29, 1.82) is 0 Å². The van der Waals surface area contributed by atoms with Crippen LogP contribution in [0.15, 0.2) is 36.3 Å². The van der Waals surface area contributed by atoms with Gasteiger partial charge < -0.3 is 15.4 Å². The molecule has 0 fully saturated rings. The van der Waals surface area contributed by atoms with E-state index in [9.17, 15) is 10.1 Å². The summed E-state index contributed by atoms with van der Waals surface area (Å²) in [6, 6.07) is 7.39. The van der Waals surface area contributed by atoms with E-state index in [4.69, 9.17) is 4.74 Å². The number of para-hydroxylation sites is 2. The Bertz CT molecular complexity index is 458. The van der Waals surface area contributed by atoms with Crippen molar-refractivity contribution in [2.75, 3.05) is 11.9 Å². The monoisotopic (exact) mass is 265 g/mol. The fraction of sp³-hybridized carbons (Fsp3) is 0.385. The fourth-order valence-corrected chi connectivity index (χ4v) is 1.52. The fourth-order valence-electron chi connectivity index (χ4n) is 1.52. The summed E-state index contributed by atoms with van der Waals surface area (Å²) in [5.41, 5.74) is 0.686. The van der Waals surface area contributed by atoms with E-state index in [-0.39, 0.29) is 6.04 Å². The number of anilines is 1. The maximum atomic E-state index is 10.6. The summed E-state index contributed by atoms with van der Waals surface area (Å²) in [4.78, 5) is 10.1.